The summed E-state index contributed by atoms with van der Waals surface area (Å²) in [4.78, 5) is 10.7. The molecule has 5 heteroatoms. The van der Waals surface area contributed by atoms with Gasteiger partial charge in [0, 0.05) is 6.42 Å². The average molecular weight is 370 g/mol. The van der Waals surface area contributed by atoms with Gasteiger partial charge in [-0.05, 0) is 44.9 Å². The summed E-state index contributed by atoms with van der Waals surface area (Å²) in [5, 5.41) is 8.78. The van der Waals surface area contributed by atoms with E-state index in [4.69, 9.17) is 19.3 Å². The van der Waals surface area contributed by atoms with Crippen molar-refractivity contribution < 1.29 is 24.1 Å². The molecule has 5 nitrogen and oxygen atoms in total. The van der Waals surface area contributed by atoms with Crippen molar-refractivity contribution >= 4 is 5.97 Å². The van der Waals surface area contributed by atoms with Crippen LogP contribution in [-0.4, -0.2) is 36.2 Å². The van der Waals surface area contributed by atoms with Gasteiger partial charge in [0.1, 0.15) is 11.9 Å². The number of benzene rings is 1. The average Bonchev–Trinajstić information content (AvgIpc) is 2.91. The van der Waals surface area contributed by atoms with E-state index in [1.54, 1.807) is 13.2 Å². The van der Waals surface area contributed by atoms with Crippen LogP contribution >= 0.6 is 0 Å². The number of methoxy groups -OCH3 is 1. The lowest BCUT2D eigenvalue weighted by atomic mass is 10.1. The van der Waals surface area contributed by atoms with Crippen LogP contribution in [0.15, 0.2) is 48.6 Å². The molecule has 144 valence electrons. The Hall–Kier alpha value is -2.55. The fraction of sp³-hybridized carbons (Fsp3) is 0.409. The first kappa shape index (κ1) is 20.8. The molecule has 0 unspecified atom stereocenters. The van der Waals surface area contributed by atoms with E-state index in [-0.39, 0.29) is 18.6 Å². The van der Waals surface area contributed by atoms with Crippen LogP contribution in [0.25, 0.3) is 0 Å². The zero-order valence-electron chi connectivity index (χ0n) is 16.0. The Morgan fingerprint density at radius 2 is 2.07 bits per heavy atom. The lowest BCUT2D eigenvalue weighted by molar-refractivity contribution is -0.143. The molecular weight excluding hydrogens is 344 g/mol. The van der Waals surface area contributed by atoms with Gasteiger partial charge in [-0.1, -0.05) is 42.2 Å². The van der Waals surface area contributed by atoms with E-state index in [2.05, 4.69) is 11.8 Å². The smallest absolute Gasteiger partial charge is 0.303 e. The maximum Gasteiger partial charge on any atom is 0.303 e. The van der Waals surface area contributed by atoms with E-state index in [0.29, 0.717) is 12.8 Å². The number of hydrogen-bond acceptors (Lipinski definition) is 4. The number of carboxylic acid groups (broad SMARTS) is 1. The number of carboxylic acids is 1. The first-order valence-electron chi connectivity index (χ1n) is 8.96. The molecule has 1 aromatic rings. The SMILES string of the molecule is COc1ccccc1C#C/C=C/C=C/[C@H]1OC(C)(C)O[C@H]1CCCC(=O)O. The molecule has 1 aromatic carbocycles. The fourth-order valence-electron chi connectivity index (χ4n) is 2.85. The Labute approximate surface area is 160 Å². The van der Waals surface area contributed by atoms with Crippen molar-refractivity contribution in [2.24, 2.45) is 0 Å². The summed E-state index contributed by atoms with van der Waals surface area (Å²) in [6, 6.07) is 7.60. The van der Waals surface area contributed by atoms with Crippen molar-refractivity contribution in [1.29, 1.82) is 0 Å². The molecule has 0 radical (unpaired) electrons. The quantitative estimate of drug-likeness (QED) is 0.582. The number of para-hydroxylation sites is 1. The van der Waals surface area contributed by atoms with Crippen LogP contribution < -0.4 is 4.74 Å². The monoisotopic (exact) mass is 370 g/mol. The zero-order chi connectivity index (χ0) is 19.7. The maximum absolute atomic E-state index is 10.7. The molecule has 1 aliphatic rings. The van der Waals surface area contributed by atoms with Crippen LogP contribution in [-0.2, 0) is 14.3 Å². The van der Waals surface area contributed by atoms with Gasteiger partial charge in [0.15, 0.2) is 5.79 Å². The normalized spacial score (nSPS) is 21.3. The number of ether oxygens (including phenoxy) is 3. The van der Waals surface area contributed by atoms with Crippen molar-refractivity contribution in [3.8, 4) is 17.6 Å². The third kappa shape index (κ3) is 6.93. The number of rotatable bonds is 7. The summed E-state index contributed by atoms with van der Waals surface area (Å²) in [6.45, 7) is 3.72. The third-order valence-electron chi connectivity index (χ3n) is 4.01. The van der Waals surface area contributed by atoms with Gasteiger partial charge < -0.3 is 19.3 Å². The van der Waals surface area contributed by atoms with Crippen LogP contribution in [0, 0.1) is 11.8 Å². The molecule has 1 aliphatic heterocycles. The van der Waals surface area contributed by atoms with Gasteiger partial charge in [-0.3, -0.25) is 4.79 Å². The van der Waals surface area contributed by atoms with Crippen LogP contribution in [0.1, 0.15) is 38.7 Å². The zero-order valence-corrected chi connectivity index (χ0v) is 16.0. The second-order valence-corrected chi connectivity index (χ2v) is 6.64. The van der Waals surface area contributed by atoms with Gasteiger partial charge in [-0.2, -0.15) is 0 Å². The summed E-state index contributed by atoms with van der Waals surface area (Å²) in [5.74, 6) is 5.30. The molecular formula is C22H26O5. The lowest BCUT2D eigenvalue weighted by Gasteiger charge is -2.16. The molecule has 1 fully saturated rings. The Morgan fingerprint density at radius 1 is 1.30 bits per heavy atom. The number of carbonyl (C=O) groups is 1. The Kier molecular flexibility index (Phi) is 7.66. The lowest BCUT2D eigenvalue weighted by Crippen LogP contribution is -2.21. The topological polar surface area (TPSA) is 65.0 Å². The molecule has 1 heterocycles. The van der Waals surface area contributed by atoms with Gasteiger partial charge in [-0.15, -0.1) is 0 Å². The minimum Gasteiger partial charge on any atom is -0.495 e. The molecule has 2 rings (SSSR count). The standard InChI is InChI=1S/C22H26O5/c1-22(2)26-19(20(27-22)15-10-16-21(23)24)14-7-5-4-6-11-17-12-8-9-13-18(17)25-3/h4-5,7-9,12-14,19-20H,10,15-16H2,1-3H3,(H,23,24)/b5-4+,14-7+/t19-,20+/m1/s1. The first-order valence-corrected chi connectivity index (χ1v) is 8.96. The highest BCUT2D eigenvalue weighted by atomic mass is 16.7. The molecule has 0 amide bonds. The Balaban J connectivity index is 1.92. The maximum atomic E-state index is 10.7. The van der Waals surface area contributed by atoms with Gasteiger partial charge in [0.05, 0.1) is 18.8 Å². The fourth-order valence-corrected chi connectivity index (χ4v) is 2.85. The molecule has 0 aromatic heterocycles. The van der Waals surface area contributed by atoms with Gasteiger partial charge in [-0.25, -0.2) is 0 Å². The minimum absolute atomic E-state index is 0.134. The number of allylic oxidation sites excluding steroid dienone is 3. The van der Waals surface area contributed by atoms with E-state index >= 15 is 0 Å². The molecule has 1 saturated heterocycles. The number of hydrogen-bond donors (Lipinski definition) is 1. The highest BCUT2D eigenvalue weighted by Gasteiger charge is 2.39. The van der Waals surface area contributed by atoms with Crippen molar-refractivity contribution in [2.75, 3.05) is 7.11 Å². The second kappa shape index (κ2) is 9.96. The summed E-state index contributed by atoms with van der Waals surface area (Å²) < 4.78 is 17.0. The van der Waals surface area contributed by atoms with Crippen molar-refractivity contribution in [2.45, 2.75) is 51.1 Å². The van der Waals surface area contributed by atoms with E-state index < -0.39 is 11.8 Å². The van der Waals surface area contributed by atoms with E-state index in [9.17, 15) is 4.79 Å². The summed E-state index contributed by atoms with van der Waals surface area (Å²) >= 11 is 0. The van der Waals surface area contributed by atoms with Crippen LogP contribution in [0.3, 0.4) is 0 Å². The van der Waals surface area contributed by atoms with E-state index in [1.807, 2.05) is 56.3 Å². The number of aliphatic carboxylic acids is 1. The summed E-state index contributed by atoms with van der Waals surface area (Å²) in [5.41, 5.74) is 0.835. The molecule has 0 saturated carbocycles. The largest absolute Gasteiger partial charge is 0.495 e. The predicted octanol–water partition coefficient (Wildman–Crippen LogP) is 3.93. The summed E-state index contributed by atoms with van der Waals surface area (Å²) in [6.07, 6.45) is 8.36. The highest BCUT2D eigenvalue weighted by molar-refractivity contribution is 5.66. The van der Waals surface area contributed by atoms with Crippen LogP contribution in [0.4, 0.5) is 0 Å². The van der Waals surface area contributed by atoms with Crippen LogP contribution in [0.5, 0.6) is 5.75 Å². The molecule has 2 atom stereocenters. The molecule has 1 N–H and O–H groups in total. The second-order valence-electron chi connectivity index (χ2n) is 6.64. The van der Waals surface area contributed by atoms with Crippen molar-refractivity contribution in [1.82, 2.24) is 0 Å². The van der Waals surface area contributed by atoms with Gasteiger partial charge in [0.25, 0.3) is 0 Å². The van der Waals surface area contributed by atoms with E-state index in [0.717, 1.165) is 11.3 Å². The molecule has 27 heavy (non-hydrogen) atoms. The first-order chi connectivity index (χ1) is 12.9. The molecule has 0 aliphatic carbocycles. The predicted molar refractivity (Wildman–Crippen MR) is 103 cm³/mol. The van der Waals surface area contributed by atoms with Crippen LogP contribution in [0.2, 0.25) is 0 Å². The minimum atomic E-state index is -0.795. The molecule has 0 spiro atoms. The summed E-state index contributed by atoms with van der Waals surface area (Å²) in [7, 11) is 1.62. The third-order valence-corrected chi connectivity index (χ3v) is 4.01. The van der Waals surface area contributed by atoms with E-state index in [1.165, 1.54) is 0 Å². The van der Waals surface area contributed by atoms with Crippen molar-refractivity contribution in [3.63, 3.8) is 0 Å². The highest BCUT2D eigenvalue weighted by Crippen LogP contribution is 2.31. The Morgan fingerprint density at radius 3 is 2.81 bits per heavy atom. The van der Waals surface area contributed by atoms with Crippen molar-refractivity contribution in [3.05, 3.63) is 54.1 Å². The Bertz CT molecular complexity index is 751. The van der Waals surface area contributed by atoms with Gasteiger partial charge >= 0.3 is 5.97 Å². The van der Waals surface area contributed by atoms with Gasteiger partial charge in [0.2, 0.25) is 0 Å². The molecule has 0 bridgehead atoms.